The highest BCUT2D eigenvalue weighted by Gasteiger charge is 2.11. The van der Waals surface area contributed by atoms with Gasteiger partial charge in [0.15, 0.2) is 5.76 Å². The average molecular weight is 167 g/mol. The molecule has 0 unspecified atom stereocenters. The standard InChI is InChI=1S/C8H9NOS/c1-5(2)7-8-6(9-10-7)3-4-11-8/h3-5H,1-2H3. The Labute approximate surface area is 68.8 Å². The number of fused-ring (bicyclic) bond motifs is 1. The second kappa shape index (κ2) is 2.34. The first-order chi connectivity index (χ1) is 5.29. The highest BCUT2D eigenvalue weighted by atomic mass is 32.1. The maximum atomic E-state index is 5.18. The Hall–Kier alpha value is -0.830. The Morgan fingerprint density at radius 1 is 1.55 bits per heavy atom. The average Bonchev–Trinajstić information content (AvgIpc) is 2.41. The van der Waals surface area contributed by atoms with Crippen molar-refractivity contribution < 1.29 is 4.52 Å². The zero-order valence-corrected chi connectivity index (χ0v) is 7.31. The molecule has 2 nitrogen and oxygen atoms in total. The summed E-state index contributed by atoms with van der Waals surface area (Å²) in [4.78, 5) is 0. The van der Waals surface area contributed by atoms with Gasteiger partial charge in [-0.25, -0.2) is 0 Å². The third kappa shape index (κ3) is 0.959. The van der Waals surface area contributed by atoms with E-state index < -0.39 is 0 Å². The van der Waals surface area contributed by atoms with Crippen molar-refractivity contribution in [2.75, 3.05) is 0 Å². The summed E-state index contributed by atoms with van der Waals surface area (Å²) in [5, 5.41) is 5.98. The van der Waals surface area contributed by atoms with Crippen LogP contribution in [0.3, 0.4) is 0 Å². The maximum Gasteiger partial charge on any atom is 0.157 e. The summed E-state index contributed by atoms with van der Waals surface area (Å²) in [6, 6.07) is 1.98. The third-order valence-corrected chi connectivity index (χ3v) is 2.55. The Morgan fingerprint density at radius 2 is 2.36 bits per heavy atom. The molecule has 2 aromatic heterocycles. The molecule has 0 aliphatic rings. The lowest BCUT2D eigenvalue weighted by atomic mass is 10.1. The largest absolute Gasteiger partial charge is 0.359 e. The van der Waals surface area contributed by atoms with E-state index in [9.17, 15) is 0 Å². The van der Waals surface area contributed by atoms with E-state index in [-0.39, 0.29) is 0 Å². The summed E-state index contributed by atoms with van der Waals surface area (Å²) in [6.45, 7) is 4.22. The number of aromatic nitrogens is 1. The van der Waals surface area contributed by atoms with Crippen LogP contribution >= 0.6 is 11.3 Å². The van der Waals surface area contributed by atoms with Gasteiger partial charge in [-0.1, -0.05) is 19.0 Å². The van der Waals surface area contributed by atoms with Crippen LogP contribution in [0.5, 0.6) is 0 Å². The van der Waals surface area contributed by atoms with Crippen LogP contribution < -0.4 is 0 Å². The molecule has 3 heteroatoms. The van der Waals surface area contributed by atoms with Crippen molar-refractivity contribution in [1.82, 2.24) is 5.16 Å². The van der Waals surface area contributed by atoms with Crippen LogP contribution in [0, 0.1) is 0 Å². The molecular formula is C8H9NOS. The first kappa shape index (κ1) is 6.85. The summed E-state index contributed by atoms with van der Waals surface area (Å²) < 4.78 is 6.37. The van der Waals surface area contributed by atoms with Gasteiger partial charge in [-0.15, -0.1) is 11.3 Å². The second-order valence-electron chi connectivity index (χ2n) is 2.84. The van der Waals surface area contributed by atoms with Gasteiger partial charge in [-0.05, 0) is 11.4 Å². The number of hydrogen-bond donors (Lipinski definition) is 0. The van der Waals surface area contributed by atoms with E-state index in [4.69, 9.17) is 4.52 Å². The fraction of sp³-hybridized carbons (Fsp3) is 0.375. The van der Waals surface area contributed by atoms with Gasteiger partial charge in [0.05, 0.1) is 4.70 Å². The van der Waals surface area contributed by atoms with Gasteiger partial charge >= 0.3 is 0 Å². The Morgan fingerprint density at radius 3 is 3.09 bits per heavy atom. The van der Waals surface area contributed by atoms with Crippen molar-refractivity contribution in [3.8, 4) is 0 Å². The van der Waals surface area contributed by atoms with Crippen LogP contribution in [0.25, 0.3) is 10.2 Å². The van der Waals surface area contributed by atoms with E-state index in [0.29, 0.717) is 5.92 Å². The van der Waals surface area contributed by atoms with E-state index in [1.165, 1.54) is 4.70 Å². The number of thiophene rings is 1. The van der Waals surface area contributed by atoms with Crippen molar-refractivity contribution in [1.29, 1.82) is 0 Å². The zero-order chi connectivity index (χ0) is 7.84. The lowest BCUT2D eigenvalue weighted by Crippen LogP contribution is -1.80. The molecule has 0 aliphatic heterocycles. The molecule has 0 bridgehead atoms. The molecule has 2 heterocycles. The second-order valence-corrected chi connectivity index (χ2v) is 3.75. The molecule has 0 radical (unpaired) electrons. The first-order valence-corrected chi connectivity index (χ1v) is 4.50. The van der Waals surface area contributed by atoms with Gasteiger partial charge < -0.3 is 4.52 Å². The molecule has 0 aliphatic carbocycles. The van der Waals surface area contributed by atoms with E-state index in [2.05, 4.69) is 19.0 Å². The molecule has 0 amide bonds. The van der Waals surface area contributed by atoms with E-state index in [1.807, 2.05) is 11.4 Å². The van der Waals surface area contributed by atoms with Crippen molar-refractivity contribution in [3.63, 3.8) is 0 Å². The zero-order valence-electron chi connectivity index (χ0n) is 6.50. The van der Waals surface area contributed by atoms with Crippen LogP contribution in [0.4, 0.5) is 0 Å². The van der Waals surface area contributed by atoms with Crippen molar-refractivity contribution in [2.24, 2.45) is 0 Å². The van der Waals surface area contributed by atoms with Crippen molar-refractivity contribution >= 4 is 21.6 Å². The summed E-state index contributed by atoms with van der Waals surface area (Å²) >= 11 is 1.69. The number of hydrogen-bond acceptors (Lipinski definition) is 3. The van der Waals surface area contributed by atoms with Gasteiger partial charge in [0.2, 0.25) is 0 Å². The summed E-state index contributed by atoms with van der Waals surface area (Å²) in [6.07, 6.45) is 0. The predicted octanol–water partition coefficient (Wildman–Crippen LogP) is 3.01. The SMILES string of the molecule is CC(C)c1onc2ccsc12. The molecule has 0 saturated carbocycles. The Kier molecular flexibility index (Phi) is 1.46. The minimum Gasteiger partial charge on any atom is -0.359 e. The molecule has 0 saturated heterocycles. The van der Waals surface area contributed by atoms with Gasteiger partial charge in [0, 0.05) is 5.92 Å². The van der Waals surface area contributed by atoms with Crippen molar-refractivity contribution in [2.45, 2.75) is 19.8 Å². The van der Waals surface area contributed by atoms with Gasteiger partial charge in [-0.2, -0.15) is 0 Å². The smallest absolute Gasteiger partial charge is 0.157 e. The van der Waals surface area contributed by atoms with E-state index >= 15 is 0 Å². The molecule has 0 N–H and O–H groups in total. The van der Waals surface area contributed by atoms with Crippen LogP contribution in [0.1, 0.15) is 25.5 Å². The predicted molar refractivity (Wildman–Crippen MR) is 46.0 cm³/mol. The van der Waals surface area contributed by atoms with E-state index in [1.54, 1.807) is 11.3 Å². The van der Waals surface area contributed by atoms with Gasteiger partial charge in [0.25, 0.3) is 0 Å². The molecule has 2 rings (SSSR count). The van der Waals surface area contributed by atoms with Crippen molar-refractivity contribution in [3.05, 3.63) is 17.2 Å². The topological polar surface area (TPSA) is 26.0 Å². The fourth-order valence-electron chi connectivity index (χ4n) is 1.07. The van der Waals surface area contributed by atoms with Crippen LogP contribution in [0.15, 0.2) is 16.0 Å². The van der Waals surface area contributed by atoms with Gasteiger partial charge in [-0.3, -0.25) is 0 Å². The third-order valence-electron chi connectivity index (χ3n) is 1.63. The number of rotatable bonds is 1. The number of nitrogens with zero attached hydrogens (tertiary/aromatic N) is 1. The lowest BCUT2D eigenvalue weighted by molar-refractivity contribution is 0.379. The monoisotopic (exact) mass is 167 g/mol. The molecule has 0 fully saturated rings. The lowest BCUT2D eigenvalue weighted by Gasteiger charge is -1.94. The van der Waals surface area contributed by atoms with Crippen LogP contribution in [-0.2, 0) is 0 Å². The quantitative estimate of drug-likeness (QED) is 0.652. The van der Waals surface area contributed by atoms with Crippen LogP contribution in [-0.4, -0.2) is 5.16 Å². The van der Waals surface area contributed by atoms with E-state index in [0.717, 1.165) is 11.3 Å². The fourth-order valence-corrected chi connectivity index (χ4v) is 2.01. The first-order valence-electron chi connectivity index (χ1n) is 3.62. The van der Waals surface area contributed by atoms with Crippen LogP contribution in [0.2, 0.25) is 0 Å². The highest BCUT2D eigenvalue weighted by Crippen LogP contribution is 2.28. The molecule has 2 aromatic rings. The summed E-state index contributed by atoms with van der Waals surface area (Å²) in [5.74, 6) is 1.44. The molecule has 58 valence electrons. The summed E-state index contributed by atoms with van der Waals surface area (Å²) in [5.41, 5.74) is 0.985. The normalized spacial score (nSPS) is 11.5. The molecule has 0 atom stereocenters. The molecule has 0 spiro atoms. The highest BCUT2D eigenvalue weighted by molar-refractivity contribution is 7.17. The minimum absolute atomic E-state index is 0.429. The maximum absolute atomic E-state index is 5.18. The summed E-state index contributed by atoms with van der Waals surface area (Å²) in [7, 11) is 0. The minimum atomic E-state index is 0.429. The Bertz CT molecular complexity index is 361. The molecular weight excluding hydrogens is 158 g/mol. The molecule has 11 heavy (non-hydrogen) atoms. The molecule has 0 aromatic carbocycles. The van der Waals surface area contributed by atoms with Gasteiger partial charge in [0.1, 0.15) is 5.52 Å². The Balaban J connectivity index is 2.68.